The second-order valence-electron chi connectivity index (χ2n) is 5.46. The van der Waals surface area contributed by atoms with E-state index in [-0.39, 0.29) is 12.3 Å². The number of thiophene rings is 2. The zero-order chi connectivity index (χ0) is 18.4. The SMILES string of the molecule is O=C(NCc1ccsc1)C(=O)NCc1ccc(C(=O)c2ccccc2)s1. The first-order valence-electron chi connectivity index (χ1n) is 7.89. The highest BCUT2D eigenvalue weighted by atomic mass is 32.1. The van der Waals surface area contributed by atoms with Crippen LogP contribution in [0.5, 0.6) is 0 Å². The summed E-state index contributed by atoms with van der Waals surface area (Å²) < 4.78 is 0. The summed E-state index contributed by atoms with van der Waals surface area (Å²) in [5, 5.41) is 8.96. The van der Waals surface area contributed by atoms with Crippen LogP contribution < -0.4 is 10.6 Å². The molecule has 2 amide bonds. The van der Waals surface area contributed by atoms with Crippen LogP contribution in [-0.4, -0.2) is 17.6 Å². The molecule has 0 aliphatic carbocycles. The Kier molecular flexibility index (Phi) is 5.93. The molecular formula is C19H16N2O3S2. The van der Waals surface area contributed by atoms with Gasteiger partial charge < -0.3 is 10.6 Å². The lowest BCUT2D eigenvalue weighted by atomic mass is 10.1. The number of rotatable bonds is 6. The van der Waals surface area contributed by atoms with E-state index in [9.17, 15) is 14.4 Å². The second-order valence-corrected chi connectivity index (χ2v) is 7.41. The van der Waals surface area contributed by atoms with Gasteiger partial charge in [-0.05, 0) is 34.5 Å². The van der Waals surface area contributed by atoms with Gasteiger partial charge in [-0.2, -0.15) is 11.3 Å². The molecule has 2 aromatic heterocycles. The van der Waals surface area contributed by atoms with Crippen LogP contribution in [0.4, 0.5) is 0 Å². The number of carbonyl (C=O) groups is 3. The van der Waals surface area contributed by atoms with E-state index in [1.165, 1.54) is 22.7 Å². The average Bonchev–Trinajstić information content (AvgIpc) is 3.36. The van der Waals surface area contributed by atoms with Gasteiger partial charge in [0.2, 0.25) is 5.78 Å². The third-order valence-electron chi connectivity index (χ3n) is 3.58. The lowest BCUT2D eigenvalue weighted by Gasteiger charge is -2.04. The van der Waals surface area contributed by atoms with Gasteiger partial charge in [0, 0.05) is 17.0 Å². The number of nitrogens with one attached hydrogen (secondary N) is 2. The normalized spacial score (nSPS) is 10.3. The first-order valence-corrected chi connectivity index (χ1v) is 9.65. The molecule has 0 atom stereocenters. The van der Waals surface area contributed by atoms with Crippen LogP contribution in [-0.2, 0) is 22.7 Å². The number of benzene rings is 1. The van der Waals surface area contributed by atoms with Gasteiger partial charge in [-0.1, -0.05) is 30.3 Å². The van der Waals surface area contributed by atoms with Gasteiger partial charge in [0.05, 0.1) is 11.4 Å². The predicted octanol–water partition coefficient (Wildman–Crippen LogP) is 2.97. The molecule has 26 heavy (non-hydrogen) atoms. The average molecular weight is 384 g/mol. The van der Waals surface area contributed by atoms with Crippen LogP contribution in [0.3, 0.4) is 0 Å². The van der Waals surface area contributed by atoms with E-state index in [4.69, 9.17) is 0 Å². The molecule has 2 N–H and O–H groups in total. The van der Waals surface area contributed by atoms with Crippen molar-refractivity contribution in [3.05, 3.63) is 80.2 Å². The highest BCUT2D eigenvalue weighted by Gasteiger charge is 2.15. The van der Waals surface area contributed by atoms with E-state index in [1.807, 2.05) is 35.0 Å². The van der Waals surface area contributed by atoms with Crippen LogP contribution in [0.15, 0.2) is 59.3 Å². The standard InChI is InChI=1S/C19H16N2O3S2/c22-17(14-4-2-1-3-5-14)16-7-6-15(26-16)11-21-19(24)18(23)20-10-13-8-9-25-12-13/h1-9,12H,10-11H2,(H,20,23)(H,21,24). The fourth-order valence-corrected chi connectivity index (χ4v) is 3.81. The Morgan fingerprint density at radius 3 is 2.27 bits per heavy atom. The molecule has 7 heteroatoms. The van der Waals surface area contributed by atoms with Gasteiger partial charge in [-0.3, -0.25) is 14.4 Å². The molecule has 0 aliphatic rings. The smallest absolute Gasteiger partial charge is 0.309 e. The minimum absolute atomic E-state index is 0.0540. The molecule has 5 nitrogen and oxygen atoms in total. The molecule has 0 fully saturated rings. The molecule has 3 rings (SSSR count). The first kappa shape index (κ1) is 18.0. The van der Waals surface area contributed by atoms with Crippen molar-refractivity contribution < 1.29 is 14.4 Å². The van der Waals surface area contributed by atoms with E-state index in [0.29, 0.717) is 17.0 Å². The van der Waals surface area contributed by atoms with Gasteiger partial charge in [0.1, 0.15) is 0 Å². The van der Waals surface area contributed by atoms with Crippen LogP contribution in [0.1, 0.15) is 25.7 Å². The summed E-state index contributed by atoms with van der Waals surface area (Å²) in [4.78, 5) is 37.4. The quantitative estimate of drug-likeness (QED) is 0.507. The molecule has 0 aliphatic heterocycles. The van der Waals surface area contributed by atoms with Crippen molar-refractivity contribution in [3.63, 3.8) is 0 Å². The van der Waals surface area contributed by atoms with Gasteiger partial charge in [-0.15, -0.1) is 11.3 Å². The fraction of sp³-hybridized carbons (Fsp3) is 0.105. The maximum Gasteiger partial charge on any atom is 0.309 e. The molecule has 0 saturated heterocycles. The van der Waals surface area contributed by atoms with Crippen molar-refractivity contribution in [1.29, 1.82) is 0 Å². The summed E-state index contributed by atoms with van der Waals surface area (Å²) in [6, 6.07) is 14.4. The molecule has 0 unspecified atom stereocenters. The van der Waals surface area contributed by atoms with Gasteiger partial charge in [0.15, 0.2) is 0 Å². The molecule has 0 saturated carbocycles. The predicted molar refractivity (Wildman–Crippen MR) is 102 cm³/mol. The van der Waals surface area contributed by atoms with Crippen molar-refractivity contribution in [1.82, 2.24) is 10.6 Å². The number of ketones is 1. The van der Waals surface area contributed by atoms with Crippen molar-refractivity contribution in [3.8, 4) is 0 Å². The summed E-state index contributed by atoms with van der Waals surface area (Å²) in [5.74, 6) is -1.42. The lowest BCUT2D eigenvalue weighted by Crippen LogP contribution is -2.39. The molecular weight excluding hydrogens is 368 g/mol. The number of amides is 2. The van der Waals surface area contributed by atoms with Gasteiger partial charge in [-0.25, -0.2) is 0 Å². The number of carbonyl (C=O) groups excluding carboxylic acids is 3. The monoisotopic (exact) mass is 384 g/mol. The van der Waals surface area contributed by atoms with Crippen LogP contribution >= 0.6 is 22.7 Å². The first-order chi connectivity index (χ1) is 12.6. The Balaban J connectivity index is 1.50. The Hall–Kier alpha value is -2.77. The van der Waals surface area contributed by atoms with E-state index < -0.39 is 11.8 Å². The molecule has 1 aromatic carbocycles. The summed E-state index contributed by atoms with van der Waals surface area (Å²) in [6.07, 6.45) is 0. The summed E-state index contributed by atoms with van der Waals surface area (Å²) >= 11 is 2.84. The second kappa shape index (κ2) is 8.55. The largest absolute Gasteiger partial charge is 0.344 e. The molecule has 132 valence electrons. The van der Waals surface area contributed by atoms with Crippen molar-refractivity contribution in [2.75, 3.05) is 0 Å². The molecule has 0 bridgehead atoms. The van der Waals surface area contributed by atoms with Crippen molar-refractivity contribution >= 4 is 40.3 Å². The maximum atomic E-state index is 12.4. The van der Waals surface area contributed by atoms with E-state index >= 15 is 0 Å². The van der Waals surface area contributed by atoms with Gasteiger partial charge >= 0.3 is 11.8 Å². The van der Waals surface area contributed by atoms with Gasteiger partial charge in [0.25, 0.3) is 0 Å². The van der Waals surface area contributed by atoms with E-state index in [0.717, 1.165) is 10.4 Å². The van der Waals surface area contributed by atoms with Crippen LogP contribution in [0, 0.1) is 0 Å². The van der Waals surface area contributed by atoms with Crippen molar-refractivity contribution in [2.24, 2.45) is 0 Å². The van der Waals surface area contributed by atoms with Crippen LogP contribution in [0.25, 0.3) is 0 Å². The van der Waals surface area contributed by atoms with Crippen LogP contribution in [0.2, 0.25) is 0 Å². The Bertz CT molecular complexity index is 902. The summed E-state index contributed by atoms with van der Waals surface area (Å²) in [7, 11) is 0. The molecule has 0 radical (unpaired) electrons. The molecule has 2 heterocycles. The van der Waals surface area contributed by atoms with E-state index in [1.54, 1.807) is 24.3 Å². The Labute approximate surface area is 158 Å². The minimum atomic E-state index is -0.690. The highest BCUT2D eigenvalue weighted by Crippen LogP contribution is 2.20. The molecule has 0 spiro atoms. The highest BCUT2D eigenvalue weighted by molar-refractivity contribution is 7.14. The third-order valence-corrected chi connectivity index (χ3v) is 5.40. The summed E-state index contributed by atoms with van der Waals surface area (Å²) in [6.45, 7) is 0.530. The Morgan fingerprint density at radius 1 is 0.846 bits per heavy atom. The lowest BCUT2D eigenvalue weighted by molar-refractivity contribution is -0.139. The number of hydrogen-bond acceptors (Lipinski definition) is 5. The van der Waals surface area contributed by atoms with E-state index in [2.05, 4.69) is 10.6 Å². The Morgan fingerprint density at radius 2 is 1.58 bits per heavy atom. The molecule has 3 aromatic rings. The number of hydrogen-bond donors (Lipinski definition) is 2. The zero-order valence-electron chi connectivity index (χ0n) is 13.7. The zero-order valence-corrected chi connectivity index (χ0v) is 15.4. The topological polar surface area (TPSA) is 75.3 Å². The maximum absolute atomic E-state index is 12.4. The summed E-state index contributed by atoms with van der Waals surface area (Å²) in [5.41, 5.74) is 1.58. The third kappa shape index (κ3) is 4.65. The fourth-order valence-electron chi connectivity index (χ4n) is 2.23. The minimum Gasteiger partial charge on any atom is -0.344 e. The van der Waals surface area contributed by atoms with Crippen molar-refractivity contribution in [2.45, 2.75) is 13.1 Å².